The van der Waals surface area contributed by atoms with E-state index in [0.29, 0.717) is 42.3 Å². The molecule has 0 unspecified atom stereocenters. The highest BCUT2D eigenvalue weighted by Gasteiger charge is 2.15. The summed E-state index contributed by atoms with van der Waals surface area (Å²) in [6.07, 6.45) is 0. The summed E-state index contributed by atoms with van der Waals surface area (Å²) in [6.45, 7) is 1.48. The van der Waals surface area contributed by atoms with Crippen LogP contribution in [0, 0.1) is 0 Å². The van der Waals surface area contributed by atoms with Gasteiger partial charge in [-0.15, -0.1) is 0 Å². The Morgan fingerprint density at radius 2 is 1.76 bits per heavy atom. The minimum atomic E-state index is -0.165. The van der Waals surface area contributed by atoms with Gasteiger partial charge >= 0.3 is 0 Å². The van der Waals surface area contributed by atoms with Gasteiger partial charge in [-0.1, -0.05) is 41.6 Å². The monoisotopic (exact) mass is 386 g/mol. The Balaban J connectivity index is 1.36. The Morgan fingerprint density at radius 3 is 2.62 bits per heavy atom. The first-order chi connectivity index (χ1) is 14.3. The summed E-state index contributed by atoms with van der Waals surface area (Å²) >= 11 is 0. The third-order valence-electron chi connectivity index (χ3n) is 4.83. The van der Waals surface area contributed by atoms with Crippen molar-refractivity contribution >= 4 is 16.8 Å². The molecule has 1 aliphatic rings. The lowest BCUT2D eigenvalue weighted by Crippen LogP contribution is -2.23. The molecule has 4 aromatic rings. The molecule has 29 heavy (non-hydrogen) atoms. The summed E-state index contributed by atoms with van der Waals surface area (Å²) in [5.74, 6) is 1.93. The molecule has 1 aliphatic heterocycles. The number of nitrogens with one attached hydrogen (secondary N) is 1. The van der Waals surface area contributed by atoms with Crippen molar-refractivity contribution in [3.63, 3.8) is 0 Å². The summed E-state index contributed by atoms with van der Waals surface area (Å²) in [5.41, 5.74) is 3.13. The lowest BCUT2D eigenvalue weighted by atomic mass is 10.1. The predicted molar refractivity (Wildman–Crippen MR) is 108 cm³/mol. The van der Waals surface area contributed by atoms with Crippen molar-refractivity contribution in [2.45, 2.75) is 6.54 Å². The van der Waals surface area contributed by atoms with Crippen LogP contribution in [0.1, 0.15) is 15.9 Å². The maximum atomic E-state index is 12.7. The number of fused-ring (bicyclic) bond motifs is 2. The number of carbonyl (C=O) groups is 1. The SMILES string of the molecule is O=C(NCc1ccc2c(c1)OCCO2)c1ccc2noc(-c3ccccc3)c2c1. The molecule has 1 N–H and O–H groups in total. The second kappa shape index (κ2) is 7.31. The molecule has 1 amide bonds. The molecule has 1 aromatic heterocycles. The van der Waals surface area contributed by atoms with Gasteiger partial charge in [0.1, 0.15) is 18.7 Å². The van der Waals surface area contributed by atoms with Crippen molar-refractivity contribution in [2.75, 3.05) is 13.2 Å². The van der Waals surface area contributed by atoms with E-state index in [9.17, 15) is 4.79 Å². The number of amides is 1. The first-order valence-corrected chi connectivity index (χ1v) is 9.39. The van der Waals surface area contributed by atoms with Gasteiger partial charge in [-0.25, -0.2) is 0 Å². The van der Waals surface area contributed by atoms with Crippen molar-refractivity contribution < 1.29 is 18.8 Å². The molecule has 0 aliphatic carbocycles. The largest absolute Gasteiger partial charge is 0.486 e. The minimum absolute atomic E-state index is 0.165. The van der Waals surface area contributed by atoms with Gasteiger partial charge in [-0.2, -0.15) is 0 Å². The van der Waals surface area contributed by atoms with Crippen LogP contribution in [-0.2, 0) is 6.54 Å². The standard InChI is InChI=1S/C23H18N2O4/c26-23(24-14-15-6-9-20-21(12-15)28-11-10-27-20)17-7-8-19-18(13-17)22(29-25-19)16-4-2-1-3-5-16/h1-9,12-13H,10-11,14H2,(H,24,26). The van der Waals surface area contributed by atoms with Crippen molar-refractivity contribution in [1.82, 2.24) is 10.5 Å². The van der Waals surface area contributed by atoms with Gasteiger partial charge in [-0.05, 0) is 35.9 Å². The zero-order valence-electron chi connectivity index (χ0n) is 15.6. The molecule has 0 atom stereocenters. The van der Waals surface area contributed by atoms with Gasteiger partial charge in [0.25, 0.3) is 5.91 Å². The van der Waals surface area contributed by atoms with E-state index in [1.165, 1.54) is 0 Å². The van der Waals surface area contributed by atoms with Crippen LogP contribution in [-0.4, -0.2) is 24.3 Å². The lowest BCUT2D eigenvalue weighted by molar-refractivity contribution is 0.0951. The quantitative estimate of drug-likeness (QED) is 0.569. The molecule has 6 heteroatoms. The molecule has 0 radical (unpaired) electrons. The normalized spacial score (nSPS) is 12.7. The maximum absolute atomic E-state index is 12.7. The van der Waals surface area contributed by atoms with Gasteiger partial charge in [0.05, 0.1) is 5.39 Å². The zero-order chi connectivity index (χ0) is 19.6. The van der Waals surface area contributed by atoms with Crippen LogP contribution in [0.3, 0.4) is 0 Å². The van der Waals surface area contributed by atoms with Gasteiger partial charge in [-0.3, -0.25) is 4.79 Å². The third kappa shape index (κ3) is 3.40. The van der Waals surface area contributed by atoms with E-state index in [1.807, 2.05) is 54.6 Å². The highest BCUT2D eigenvalue weighted by Crippen LogP contribution is 2.31. The molecule has 3 aromatic carbocycles. The van der Waals surface area contributed by atoms with Crippen LogP contribution >= 0.6 is 0 Å². The summed E-state index contributed by atoms with van der Waals surface area (Å²) in [7, 11) is 0. The molecular weight excluding hydrogens is 368 g/mol. The highest BCUT2D eigenvalue weighted by molar-refractivity contribution is 6.00. The molecule has 0 fully saturated rings. The molecule has 0 spiro atoms. The summed E-state index contributed by atoms with van der Waals surface area (Å²) in [4.78, 5) is 12.7. The Hall–Kier alpha value is -3.80. The maximum Gasteiger partial charge on any atom is 0.251 e. The summed E-state index contributed by atoms with van der Waals surface area (Å²) in [5, 5.41) is 7.86. The van der Waals surface area contributed by atoms with Crippen LogP contribution in [0.5, 0.6) is 11.5 Å². The molecule has 0 saturated carbocycles. The molecule has 5 rings (SSSR count). The Morgan fingerprint density at radius 1 is 0.931 bits per heavy atom. The number of hydrogen-bond acceptors (Lipinski definition) is 5. The second-order valence-corrected chi connectivity index (χ2v) is 6.77. The summed E-state index contributed by atoms with van der Waals surface area (Å²) in [6, 6.07) is 20.8. The van der Waals surface area contributed by atoms with E-state index in [2.05, 4.69) is 10.5 Å². The van der Waals surface area contributed by atoms with E-state index < -0.39 is 0 Å². The summed E-state index contributed by atoms with van der Waals surface area (Å²) < 4.78 is 16.6. The van der Waals surface area contributed by atoms with Crippen molar-refractivity contribution in [3.8, 4) is 22.8 Å². The number of carbonyl (C=O) groups excluding carboxylic acids is 1. The topological polar surface area (TPSA) is 73.6 Å². The van der Waals surface area contributed by atoms with Crippen LogP contribution in [0.2, 0.25) is 0 Å². The first-order valence-electron chi connectivity index (χ1n) is 9.39. The number of hydrogen-bond donors (Lipinski definition) is 1. The molecular formula is C23H18N2O4. The molecule has 2 heterocycles. The van der Waals surface area contributed by atoms with Crippen LogP contribution in [0.25, 0.3) is 22.2 Å². The van der Waals surface area contributed by atoms with E-state index in [4.69, 9.17) is 14.0 Å². The molecule has 6 nitrogen and oxygen atoms in total. The highest BCUT2D eigenvalue weighted by atomic mass is 16.6. The zero-order valence-corrected chi connectivity index (χ0v) is 15.6. The lowest BCUT2D eigenvalue weighted by Gasteiger charge is -2.19. The fourth-order valence-electron chi connectivity index (χ4n) is 3.36. The van der Waals surface area contributed by atoms with Gasteiger partial charge in [0.15, 0.2) is 17.3 Å². The van der Waals surface area contributed by atoms with E-state index in [-0.39, 0.29) is 5.91 Å². The Bertz CT molecular complexity index is 1180. The van der Waals surface area contributed by atoms with E-state index in [0.717, 1.165) is 22.3 Å². The van der Waals surface area contributed by atoms with Crippen LogP contribution in [0.15, 0.2) is 71.3 Å². The van der Waals surface area contributed by atoms with E-state index in [1.54, 1.807) is 12.1 Å². The minimum Gasteiger partial charge on any atom is -0.486 e. The number of ether oxygens (including phenoxy) is 2. The van der Waals surface area contributed by atoms with Crippen molar-refractivity contribution in [3.05, 3.63) is 77.9 Å². The fraction of sp³-hybridized carbons (Fsp3) is 0.130. The third-order valence-corrected chi connectivity index (χ3v) is 4.83. The Kier molecular flexibility index (Phi) is 4.37. The Labute approximate surface area is 167 Å². The average molecular weight is 386 g/mol. The predicted octanol–water partition coefficient (Wildman–Crippen LogP) is 4.20. The number of aromatic nitrogens is 1. The first kappa shape index (κ1) is 17.3. The van der Waals surface area contributed by atoms with Gasteiger partial charge in [0, 0.05) is 17.7 Å². The van der Waals surface area contributed by atoms with Gasteiger partial charge < -0.3 is 19.3 Å². The average Bonchev–Trinajstić information content (AvgIpc) is 3.21. The van der Waals surface area contributed by atoms with Crippen molar-refractivity contribution in [1.29, 1.82) is 0 Å². The smallest absolute Gasteiger partial charge is 0.251 e. The van der Waals surface area contributed by atoms with Gasteiger partial charge in [0.2, 0.25) is 0 Å². The number of rotatable bonds is 4. The molecule has 0 saturated heterocycles. The molecule has 0 bridgehead atoms. The van der Waals surface area contributed by atoms with Crippen LogP contribution in [0.4, 0.5) is 0 Å². The second-order valence-electron chi connectivity index (χ2n) is 6.77. The number of nitrogens with zero attached hydrogens (tertiary/aromatic N) is 1. The van der Waals surface area contributed by atoms with Crippen molar-refractivity contribution in [2.24, 2.45) is 0 Å². The fourth-order valence-corrected chi connectivity index (χ4v) is 3.36. The van der Waals surface area contributed by atoms with Crippen LogP contribution < -0.4 is 14.8 Å². The number of benzene rings is 3. The molecule has 144 valence electrons. The van der Waals surface area contributed by atoms with E-state index >= 15 is 0 Å².